The first-order valence-electron chi connectivity index (χ1n) is 6.90. The van der Waals surface area contributed by atoms with Crippen molar-refractivity contribution in [1.29, 1.82) is 0 Å². The van der Waals surface area contributed by atoms with Crippen LogP contribution in [0.5, 0.6) is 0 Å². The van der Waals surface area contributed by atoms with Crippen LogP contribution >= 0.6 is 0 Å². The van der Waals surface area contributed by atoms with E-state index in [1.54, 1.807) is 21.1 Å². The Kier molecular flexibility index (Phi) is 6.63. The van der Waals surface area contributed by atoms with Gasteiger partial charge >= 0.3 is 17.8 Å². The molecule has 138 valence electrons. The van der Waals surface area contributed by atoms with Crippen molar-refractivity contribution in [3.8, 4) is 0 Å². The second-order valence-corrected chi connectivity index (χ2v) is 4.87. The van der Waals surface area contributed by atoms with E-state index in [0.29, 0.717) is 0 Å². The van der Waals surface area contributed by atoms with Gasteiger partial charge < -0.3 is 0 Å². The highest BCUT2D eigenvalue weighted by Gasteiger charge is 2.44. The van der Waals surface area contributed by atoms with Crippen LogP contribution in [0.1, 0.15) is 0 Å². The summed E-state index contributed by atoms with van der Waals surface area (Å²) >= 11 is 0. The highest BCUT2D eigenvalue weighted by atomic mass is 17.0. The fourth-order valence-electron chi connectivity index (χ4n) is 1.60. The van der Waals surface area contributed by atoms with Crippen LogP contribution in [0.15, 0.2) is 0 Å². The summed E-state index contributed by atoms with van der Waals surface area (Å²) < 4.78 is 0. The number of quaternary nitrogens is 3. The molecule has 12 nitrogen and oxygen atoms in total. The number of aromatic nitrogens is 3. The zero-order chi connectivity index (χ0) is 18.6. The molecule has 0 amide bonds. The zero-order valence-corrected chi connectivity index (χ0v) is 15.6. The van der Waals surface area contributed by atoms with Crippen molar-refractivity contribution in [2.24, 2.45) is 0 Å². The summed E-state index contributed by atoms with van der Waals surface area (Å²) in [6, 6.07) is 0. The Labute approximate surface area is 141 Å². The Morgan fingerprint density at radius 1 is 0.458 bits per heavy atom. The maximum atomic E-state index is 5.33. The third kappa shape index (κ3) is 3.66. The molecule has 0 N–H and O–H groups in total. The van der Waals surface area contributed by atoms with Gasteiger partial charge in [0.2, 0.25) is 0 Å². The van der Waals surface area contributed by atoms with E-state index in [1.807, 2.05) is 0 Å². The first-order chi connectivity index (χ1) is 11.2. The lowest BCUT2D eigenvalue weighted by Crippen LogP contribution is -2.50. The van der Waals surface area contributed by atoms with Crippen molar-refractivity contribution in [2.45, 2.75) is 0 Å². The lowest BCUT2D eigenvalue weighted by Gasteiger charge is -2.27. The Bertz CT molecular complexity index is 458. The molecule has 0 aliphatic rings. The van der Waals surface area contributed by atoms with Crippen LogP contribution in [-0.2, 0) is 29.0 Å². The van der Waals surface area contributed by atoms with Crippen LogP contribution in [-0.4, -0.2) is 78.8 Å². The van der Waals surface area contributed by atoms with Gasteiger partial charge in [0, 0.05) is 14.4 Å². The zero-order valence-electron chi connectivity index (χ0n) is 15.6. The number of hydrogen-bond acceptors (Lipinski definition) is 9. The van der Waals surface area contributed by atoms with E-state index < -0.39 is 14.4 Å². The summed E-state index contributed by atoms with van der Waals surface area (Å²) in [4.78, 5) is 43.6. The molecule has 0 aromatic carbocycles. The first kappa shape index (κ1) is 20.7. The smallest absolute Gasteiger partial charge is 0.163 e. The number of rotatable bonds is 9. The Morgan fingerprint density at radius 2 is 0.625 bits per heavy atom. The monoisotopic (exact) mass is 351 g/mol. The van der Waals surface area contributed by atoms with Crippen molar-refractivity contribution in [3.63, 3.8) is 0 Å². The molecule has 0 spiro atoms. The maximum absolute atomic E-state index is 5.33. The van der Waals surface area contributed by atoms with Gasteiger partial charge in [-0.05, 0) is 0 Å². The van der Waals surface area contributed by atoms with Gasteiger partial charge in [-0.15, -0.1) is 0 Å². The minimum absolute atomic E-state index is 0.136. The molecule has 0 aliphatic carbocycles. The summed E-state index contributed by atoms with van der Waals surface area (Å²) in [5.74, 6) is 0.408. The highest BCUT2D eigenvalue weighted by Crippen LogP contribution is 2.28. The van der Waals surface area contributed by atoms with Crippen molar-refractivity contribution < 1.29 is 29.0 Å². The van der Waals surface area contributed by atoms with E-state index in [9.17, 15) is 0 Å². The summed E-state index contributed by atoms with van der Waals surface area (Å²) in [6.07, 6.45) is 0. The van der Waals surface area contributed by atoms with Gasteiger partial charge in [0.05, 0.1) is 0 Å². The highest BCUT2D eigenvalue weighted by molar-refractivity contribution is 5.36. The first-order valence-corrected chi connectivity index (χ1v) is 6.90. The lowest BCUT2D eigenvalue weighted by molar-refractivity contribution is -0.326. The topological polar surface area (TPSA) is 94.1 Å². The SMILES string of the molecule is CO[N+](C)(OC)c1nc([N+](C)(OC)OC)nc([N+](C)(OC)OC)n1. The molecular formula is C12H27N6O6+3. The summed E-state index contributed by atoms with van der Waals surface area (Å²) in [5, 5.41) is 0. The van der Waals surface area contributed by atoms with Crippen LogP contribution in [0.4, 0.5) is 17.8 Å². The van der Waals surface area contributed by atoms with E-state index in [0.717, 1.165) is 0 Å². The van der Waals surface area contributed by atoms with Crippen LogP contribution in [0, 0.1) is 0 Å². The predicted octanol–water partition coefficient (Wildman–Crippen LogP) is 0.0513. The molecule has 1 heterocycles. The largest absolute Gasteiger partial charge is 0.410 e. The van der Waals surface area contributed by atoms with Gasteiger partial charge in [0.15, 0.2) is 0 Å². The number of hydrogen-bond donors (Lipinski definition) is 0. The van der Waals surface area contributed by atoms with Crippen molar-refractivity contribution >= 4 is 17.8 Å². The molecule has 24 heavy (non-hydrogen) atoms. The Morgan fingerprint density at radius 3 is 0.750 bits per heavy atom. The number of hydroxylamine groups is 6. The number of nitrogens with zero attached hydrogens (tertiary/aromatic N) is 6. The van der Waals surface area contributed by atoms with Crippen molar-refractivity contribution in [2.75, 3.05) is 63.8 Å². The van der Waals surface area contributed by atoms with E-state index in [-0.39, 0.29) is 17.8 Å². The summed E-state index contributed by atoms with van der Waals surface area (Å²) in [7, 11) is 13.5. The minimum atomic E-state index is -0.483. The summed E-state index contributed by atoms with van der Waals surface area (Å²) in [6.45, 7) is 0. The van der Waals surface area contributed by atoms with Crippen molar-refractivity contribution in [1.82, 2.24) is 29.4 Å². The molecule has 0 radical (unpaired) electrons. The quantitative estimate of drug-likeness (QED) is 0.452. The average molecular weight is 351 g/mol. The fraction of sp³-hybridized carbons (Fsp3) is 0.750. The standard InChI is InChI=1S/C12H27N6O6/c1-16(19-4,20-5)10-13-11(17(2,21-6)22-7)15-12(14-10)18(3,23-8)24-9/h1-9H3/q+3. The van der Waals surface area contributed by atoms with E-state index in [4.69, 9.17) is 29.0 Å². The van der Waals surface area contributed by atoms with Crippen LogP contribution < -0.4 is 14.4 Å². The predicted molar refractivity (Wildman–Crippen MR) is 85.0 cm³/mol. The third-order valence-electron chi connectivity index (χ3n) is 3.78. The Balaban J connectivity index is 3.69. The van der Waals surface area contributed by atoms with Crippen LogP contribution in [0.25, 0.3) is 0 Å². The van der Waals surface area contributed by atoms with Crippen molar-refractivity contribution in [3.05, 3.63) is 0 Å². The maximum Gasteiger partial charge on any atom is 0.410 e. The van der Waals surface area contributed by atoms with Gasteiger partial charge in [-0.25, -0.2) is 0 Å². The molecule has 0 fully saturated rings. The second-order valence-electron chi connectivity index (χ2n) is 4.87. The molecule has 12 heteroatoms. The van der Waals surface area contributed by atoms with Crippen LogP contribution in [0.2, 0.25) is 0 Å². The van der Waals surface area contributed by atoms with Gasteiger partial charge in [-0.1, -0.05) is 15.0 Å². The molecule has 0 atom stereocenters. The van der Waals surface area contributed by atoms with Gasteiger partial charge in [-0.2, -0.15) is 29.0 Å². The molecule has 1 aromatic rings. The van der Waals surface area contributed by atoms with Gasteiger partial charge in [0.1, 0.15) is 63.8 Å². The molecule has 0 saturated heterocycles. The molecule has 0 saturated carbocycles. The molecule has 1 aromatic heterocycles. The van der Waals surface area contributed by atoms with Gasteiger partial charge in [0.25, 0.3) is 0 Å². The molecular weight excluding hydrogens is 324 g/mol. The average Bonchev–Trinajstić information content (AvgIpc) is 2.65. The molecule has 0 aliphatic heterocycles. The molecule has 0 unspecified atom stereocenters. The van der Waals surface area contributed by atoms with E-state index in [2.05, 4.69) is 15.0 Å². The van der Waals surface area contributed by atoms with Crippen LogP contribution in [0.3, 0.4) is 0 Å². The Hall–Kier alpha value is -1.35. The summed E-state index contributed by atoms with van der Waals surface area (Å²) in [5.41, 5.74) is 0. The normalized spacial score (nSPS) is 13.4. The third-order valence-corrected chi connectivity index (χ3v) is 3.78. The van der Waals surface area contributed by atoms with Gasteiger partial charge in [-0.3, -0.25) is 0 Å². The molecule has 0 bridgehead atoms. The van der Waals surface area contributed by atoms with E-state index >= 15 is 0 Å². The lowest BCUT2D eigenvalue weighted by atomic mass is 10.7. The van der Waals surface area contributed by atoms with E-state index in [1.165, 1.54) is 42.7 Å². The minimum Gasteiger partial charge on any atom is -0.163 e. The second kappa shape index (κ2) is 7.69. The molecule has 1 rings (SSSR count). The fourth-order valence-corrected chi connectivity index (χ4v) is 1.60.